The number of carboxylic acids is 1. The van der Waals surface area contributed by atoms with Crippen LogP contribution < -0.4 is 0 Å². The van der Waals surface area contributed by atoms with E-state index in [1.807, 2.05) is 0 Å². The van der Waals surface area contributed by atoms with Crippen molar-refractivity contribution in [2.45, 2.75) is 18.7 Å². The van der Waals surface area contributed by atoms with Crippen LogP contribution in [0.2, 0.25) is 0 Å². The molecule has 3 nitrogen and oxygen atoms in total. The fourth-order valence-electron chi connectivity index (χ4n) is 0.870. The third kappa shape index (κ3) is 1.18. The van der Waals surface area contributed by atoms with E-state index in [1.54, 1.807) is 0 Å². The van der Waals surface area contributed by atoms with Gasteiger partial charge in [0.25, 0.3) is 0 Å². The van der Waals surface area contributed by atoms with Crippen LogP contribution in [-0.4, -0.2) is 22.0 Å². The van der Waals surface area contributed by atoms with Gasteiger partial charge in [-0.15, -0.1) is 0 Å². The fourth-order valence-corrected chi connectivity index (χ4v) is 0.870. The first-order valence-electron chi connectivity index (χ1n) is 2.65. The van der Waals surface area contributed by atoms with Gasteiger partial charge in [-0.3, -0.25) is 4.79 Å². The predicted octanol–water partition coefficient (Wildman–Crippen LogP) is 0.139. The van der Waals surface area contributed by atoms with E-state index in [0.717, 1.165) is 0 Å². The average molecular weight is 134 g/mol. The van der Waals surface area contributed by atoms with E-state index < -0.39 is 17.7 Å². The summed E-state index contributed by atoms with van der Waals surface area (Å²) >= 11 is 0. The van der Waals surface area contributed by atoms with Gasteiger partial charge in [-0.1, -0.05) is 0 Å². The van der Waals surface area contributed by atoms with Gasteiger partial charge in [0.2, 0.25) is 5.85 Å². The molecule has 0 aliphatic heterocycles. The van der Waals surface area contributed by atoms with Crippen LogP contribution in [0.5, 0.6) is 0 Å². The Kier molecular flexibility index (Phi) is 1.20. The molecule has 0 spiro atoms. The fraction of sp³-hybridized carbons (Fsp3) is 0.800. The van der Waals surface area contributed by atoms with Crippen molar-refractivity contribution in [2.24, 2.45) is 5.92 Å². The lowest BCUT2D eigenvalue weighted by Gasteiger charge is -2.33. The molecule has 0 radical (unpaired) electrons. The van der Waals surface area contributed by atoms with E-state index in [1.165, 1.54) is 0 Å². The van der Waals surface area contributed by atoms with E-state index in [2.05, 4.69) is 0 Å². The van der Waals surface area contributed by atoms with Crippen LogP contribution in [-0.2, 0) is 4.79 Å². The highest BCUT2D eigenvalue weighted by molar-refractivity contribution is 5.71. The number of aliphatic carboxylic acids is 1. The number of hydrogen-bond acceptors (Lipinski definition) is 2. The Morgan fingerprint density at radius 1 is 1.67 bits per heavy atom. The Balaban J connectivity index is 2.35. The van der Waals surface area contributed by atoms with E-state index in [0.29, 0.717) is 0 Å². The van der Waals surface area contributed by atoms with Crippen LogP contribution in [0.3, 0.4) is 0 Å². The number of carboxylic acid groups (broad SMARTS) is 1. The van der Waals surface area contributed by atoms with Crippen molar-refractivity contribution < 1.29 is 19.4 Å². The first kappa shape index (κ1) is 6.48. The van der Waals surface area contributed by atoms with Gasteiger partial charge in [0.1, 0.15) is 0 Å². The molecule has 1 saturated carbocycles. The molecule has 1 aliphatic carbocycles. The number of aliphatic hydroxyl groups is 1. The van der Waals surface area contributed by atoms with Gasteiger partial charge in [-0.05, 0) is 0 Å². The largest absolute Gasteiger partial charge is 0.481 e. The van der Waals surface area contributed by atoms with E-state index in [4.69, 9.17) is 10.2 Å². The third-order valence-corrected chi connectivity index (χ3v) is 1.47. The van der Waals surface area contributed by atoms with Crippen molar-refractivity contribution in [1.29, 1.82) is 0 Å². The molecule has 1 aliphatic rings. The summed E-state index contributed by atoms with van der Waals surface area (Å²) in [6, 6.07) is 0. The topological polar surface area (TPSA) is 57.5 Å². The predicted molar refractivity (Wildman–Crippen MR) is 26.4 cm³/mol. The summed E-state index contributed by atoms with van der Waals surface area (Å²) in [7, 11) is 0. The molecular weight excluding hydrogens is 127 g/mol. The number of hydrogen-bond donors (Lipinski definition) is 2. The minimum absolute atomic E-state index is 0.262. The van der Waals surface area contributed by atoms with Crippen molar-refractivity contribution in [2.75, 3.05) is 0 Å². The molecule has 1 fully saturated rings. The van der Waals surface area contributed by atoms with Crippen molar-refractivity contribution in [3.63, 3.8) is 0 Å². The second-order valence-electron chi connectivity index (χ2n) is 2.36. The minimum atomic E-state index is -2.21. The minimum Gasteiger partial charge on any atom is -0.481 e. The third-order valence-electron chi connectivity index (χ3n) is 1.47. The van der Waals surface area contributed by atoms with Gasteiger partial charge >= 0.3 is 5.97 Å². The Labute approximate surface area is 51.1 Å². The standard InChI is InChI=1S/C5H7FO3/c6-5(9)1-3(2-5)4(7)8/h3,9H,1-2H2,(H,7,8). The molecule has 4 heteroatoms. The molecule has 0 unspecified atom stereocenters. The summed E-state index contributed by atoms with van der Waals surface area (Å²) in [4.78, 5) is 9.99. The lowest BCUT2D eigenvalue weighted by atomic mass is 9.80. The monoisotopic (exact) mass is 134 g/mol. The molecule has 0 aromatic carbocycles. The molecule has 1 rings (SSSR count). The van der Waals surface area contributed by atoms with E-state index >= 15 is 0 Å². The van der Waals surface area contributed by atoms with Crippen molar-refractivity contribution >= 4 is 5.97 Å². The first-order valence-corrected chi connectivity index (χ1v) is 2.65. The van der Waals surface area contributed by atoms with Crippen LogP contribution >= 0.6 is 0 Å². The summed E-state index contributed by atoms with van der Waals surface area (Å²) in [5.41, 5.74) is 0. The Hall–Kier alpha value is -0.640. The summed E-state index contributed by atoms with van der Waals surface area (Å²) in [5.74, 6) is -3.92. The Morgan fingerprint density at radius 3 is 2.22 bits per heavy atom. The first-order chi connectivity index (χ1) is 4.01. The maximum atomic E-state index is 12.1. The lowest BCUT2D eigenvalue weighted by molar-refractivity contribution is -0.193. The van der Waals surface area contributed by atoms with Crippen molar-refractivity contribution in [3.8, 4) is 0 Å². The van der Waals surface area contributed by atoms with Crippen LogP contribution in [0.25, 0.3) is 0 Å². The second kappa shape index (κ2) is 1.67. The molecule has 0 aromatic heterocycles. The summed E-state index contributed by atoms with van der Waals surface area (Å²) in [6.45, 7) is 0. The molecule has 9 heavy (non-hydrogen) atoms. The quantitative estimate of drug-likeness (QED) is 0.536. The van der Waals surface area contributed by atoms with Gasteiger partial charge in [0.05, 0.1) is 5.92 Å². The molecule has 0 heterocycles. The Bertz CT molecular complexity index is 135. The highest BCUT2D eigenvalue weighted by Gasteiger charge is 2.46. The summed E-state index contributed by atoms with van der Waals surface area (Å²) in [6.07, 6.45) is -0.523. The highest BCUT2D eigenvalue weighted by Crippen LogP contribution is 2.38. The molecule has 2 N–H and O–H groups in total. The summed E-state index contributed by atoms with van der Waals surface area (Å²) < 4.78 is 12.1. The summed E-state index contributed by atoms with van der Waals surface area (Å²) in [5, 5.41) is 16.6. The number of rotatable bonds is 1. The highest BCUT2D eigenvalue weighted by atomic mass is 19.2. The zero-order chi connectivity index (χ0) is 7.07. The maximum absolute atomic E-state index is 12.1. The van der Waals surface area contributed by atoms with Crippen LogP contribution in [0, 0.1) is 5.92 Å². The van der Waals surface area contributed by atoms with Crippen LogP contribution in [0.4, 0.5) is 4.39 Å². The van der Waals surface area contributed by atoms with E-state index in [-0.39, 0.29) is 12.8 Å². The zero-order valence-corrected chi connectivity index (χ0v) is 4.67. The van der Waals surface area contributed by atoms with Crippen molar-refractivity contribution in [1.82, 2.24) is 0 Å². The zero-order valence-electron chi connectivity index (χ0n) is 4.67. The van der Waals surface area contributed by atoms with Crippen LogP contribution in [0.1, 0.15) is 12.8 Å². The number of halogens is 1. The van der Waals surface area contributed by atoms with E-state index in [9.17, 15) is 9.18 Å². The van der Waals surface area contributed by atoms with Gasteiger partial charge in [-0.25, -0.2) is 4.39 Å². The van der Waals surface area contributed by atoms with Gasteiger partial charge in [0.15, 0.2) is 0 Å². The Morgan fingerprint density at radius 2 is 2.11 bits per heavy atom. The average Bonchev–Trinajstić information content (AvgIpc) is 1.59. The lowest BCUT2D eigenvalue weighted by Crippen LogP contribution is -2.43. The number of alkyl halides is 1. The molecule has 0 bridgehead atoms. The second-order valence-corrected chi connectivity index (χ2v) is 2.36. The molecule has 0 amide bonds. The number of carbonyl (C=O) groups is 1. The van der Waals surface area contributed by atoms with Gasteiger partial charge in [0, 0.05) is 12.8 Å². The molecule has 52 valence electrons. The molecule has 0 atom stereocenters. The molecular formula is C5H7FO3. The molecule has 0 saturated heterocycles. The molecule has 0 aromatic rings. The normalized spacial score (nSPS) is 41.8. The van der Waals surface area contributed by atoms with Crippen molar-refractivity contribution in [3.05, 3.63) is 0 Å². The smallest absolute Gasteiger partial charge is 0.306 e. The maximum Gasteiger partial charge on any atom is 0.306 e. The van der Waals surface area contributed by atoms with Crippen LogP contribution in [0.15, 0.2) is 0 Å². The van der Waals surface area contributed by atoms with Gasteiger partial charge in [-0.2, -0.15) is 0 Å². The SMILES string of the molecule is O=C(O)C1CC(O)(F)C1. The van der Waals surface area contributed by atoms with Gasteiger partial charge < -0.3 is 10.2 Å².